The van der Waals surface area contributed by atoms with Gasteiger partial charge in [0.1, 0.15) is 16.5 Å². The average molecular weight is 598 g/mol. The van der Waals surface area contributed by atoms with E-state index < -0.39 is 0 Å². The molecule has 1 atom stereocenters. The number of aliphatic hydroxyl groups excluding tert-OH is 1. The topological polar surface area (TPSA) is 111 Å². The van der Waals surface area contributed by atoms with Gasteiger partial charge in [0.2, 0.25) is 5.91 Å². The van der Waals surface area contributed by atoms with Crippen LogP contribution in [0, 0.1) is 6.92 Å². The number of allylic oxidation sites excluding steroid dienone is 2. The molecule has 0 bridgehead atoms. The summed E-state index contributed by atoms with van der Waals surface area (Å²) in [5.74, 6) is 0.532. The number of nitrogens with zero attached hydrogens (tertiary/aromatic N) is 4. The first-order chi connectivity index (χ1) is 20.9. The molecule has 1 saturated heterocycles. The van der Waals surface area contributed by atoms with Gasteiger partial charge in [0.05, 0.1) is 35.1 Å². The summed E-state index contributed by atoms with van der Waals surface area (Å²) in [5, 5.41) is 14.4. The highest BCUT2D eigenvalue weighted by atomic mass is 32.1. The lowest BCUT2D eigenvalue weighted by Crippen LogP contribution is -2.49. The van der Waals surface area contributed by atoms with Gasteiger partial charge in [-0.1, -0.05) is 6.07 Å². The molecule has 6 rings (SSSR count). The van der Waals surface area contributed by atoms with Crippen LogP contribution in [0.1, 0.15) is 30.1 Å². The van der Waals surface area contributed by atoms with Gasteiger partial charge in [-0.05, 0) is 61.0 Å². The quantitative estimate of drug-likeness (QED) is 0.247. The Labute approximate surface area is 254 Å². The summed E-state index contributed by atoms with van der Waals surface area (Å²) in [6.45, 7) is 7.01. The summed E-state index contributed by atoms with van der Waals surface area (Å²) in [5.41, 5.74) is 4.34. The third-order valence-electron chi connectivity index (χ3n) is 7.99. The van der Waals surface area contributed by atoms with Crippen LogP contribution in [0.25, 0.3) is 20.8 Å². The maximum atomic E-state index is 12.7. The van der Waals surface area contributed by atoms with Gasteiger partial charge in [-0.3, -0.25) is 24.4 Å². The molecule has 1 aliphatic carbocycles. The van der Waals surface area contributed by atoms with Crippen LogP contribution in [0.3, 0.4) is 0 Å². The first kappa shape index (κ1) is 29.0. The number of aliphatic hydroxyl groups is 1. The number of Topliss-reactive ketones (excluding diaryl/α,β-unsaturated/α-hetero) is 1. The number of thiazole rings is 1. The minimum Gasteiger partial charge on any atom is -0.511 e. The molecule has 2 aromatic carbocycles. The second kappa shape index (κ2) is 13.0. The second-order valence-electron chi connectivity index (χ2n) is 11.2. The van der Waals surface area contributed by atoms with E-state index in [1.807, 2.05) is 30.3 Å². The zero-order valence-electron chi connectivity index (χ0n) is 24.2. The lowest BCUT2D eigenvalue weighted by molar-refractivity contribution is -0.118. The molecule has 0 saturated carbocycles. The van der Waals surface area contributed by atoms with Crippen molar-refractivity contribution in [3.63, 3.8) is 0 Å². The molecule has 2 aliphatic rings. The number of carbonyl (C=O) groups excluding carboxylic acids is 2. The summed E-state index contributed by atoms with van der Waals surface area (Å²) < 4.78 is 6.58. The number of hydrogen-bond acceptors (Lipinski definition) is 9. The lowest BCUT2D eigenvalue weighted by Gasteiger charge is -2.33. The van der Waals surface area contributed by atoms with E-state index in [0.29, 0.717) is 31.5 Å². The van der Waals surface area contributed by atoms with Crippen molar-refractivity contribution in [2.45, 2.75) is 25.7 Å². The normalized spacial score (nSPS) is 18.6. The van der Waals surface area contributed by atoms with Crippen LogP contribution in [-0.2, 0) is 9.59 Å². The Bertz CT molecular complexity index is 1650. The van der Waals surface area contributed by atoms with Crippen LogP contribution in [-0.4, -0.2) is 83.6 Å². The van der Waals surface area contributed by atoms with Crippen molar-refractivity contribution in [2.24, 2.45) is 4.99 Å². The summed E-state index contributed by atoms with van der Waals surface area (Å²) in [4.78, 5) is 38.9. The maximum Gasteiger partial charge on any atom is 0.238 e. The van der Waals surface area contributed by atoms with Gasteiger partial charge < -0.3 is 14.8 Å². The number of furan rings is 1. The third kappa shape index (κ3) is 7.10. The Morgan fingerprint density at radius 1 is 1.12 bits per heavy atom. The number of rotatable bonds is 9. The Kier molecular flexibility index (Phi) is 8.78. The Morgan fingerprint density at radius 3 is 2.65 bits per heavy atom. The van der Waals surface area contributed by atoms with E-state index in [0.717, 1.165) is 60.3 Å². The number of piperazine rings is 1. The van der Waals surface area contributed by atoms with Crippen LogP contribution in [0.2, 0.25) is 0 Å². The predicted octanol–water partition coefficient (Wildman–Crippen LogP) is 5.45. The molecule has 3 heterocycles. The molecule has 1 fully saturated rings. The summed E-state index contributed by atoms with van der Waals surface area (Å²) in [7, 11) is 0. The van der Waals surface area contributed by atoms with Crippen molar-refractivity contribution in [1.82, 2.24) is 14.8 Å². The maximum absolute atomic E-state index is 12.7. The number of amides is 1. The average Bonchev–Trinajstić information content (AvgIpc) is 3.68. The van der Waals surface area contributed by atoms with E-state index in [9.17, 15) is 14.7 Å². The van der Waals surface area contributed by atoms with Crippen molar-refractivity contribution in [1.29, 1.82) is 0 Å². The van der Waals surface area contributed by atoms with Crippen molar-refractivity contribution >= 4 is 45.1 Å². The van der Waals surface area contributed by atoms with Gasteiger partial charge in [0, 0.05) is 68.9 Å². The van der Waals surface area contributed by atoms with Crippen LogP contribution in [0.15, 0.2) is 81.6 Å². The fraction of sp³-hybridized carbons (Fsp3) is 0.333. The molecule has 1 amide bonds. The minimum absolute atomic E-state index is 0.0271. The molecule has 1 aliphatic heterocycles. The molecule has 4 aromatic rings. The summed E-state index contributed by atoms with van der Waals surface area (Å²) in [6.07, 6.45) is 3.79. The van der Waals surface area contributed by atoms with E-state index in [1.165, 1.54) is 16.5 Å². The van der Waals surface area contributed by atoms with Gasteiger partial charge in [0.25, 0.3) is 0 Å². The Morgan fingerprint density at radius 2 is 1.91 bits per heavy atom. The van der Waals surface area contributed by atoms with Gasteiger partial charge in [-0.15, -0.1) is 11.3 Å². The number of nitrogens with one attached hydrogen (secondary N) is 1. The van der Waals surface area contributed by atoms with Gasteiger partial charge >= 0.3 is 0 Å². The smallest absolute Gasteiger partial charge is 0.238 e. The number of fused-ring (bicyclic) bond motifs is 1. The van der Waals surface area contributed by atoms with E-state index >= 15 is 0 Å². The zero-order chi connectivity index (χ0) is 29.8. The monoisotopic (exact) mass is 597 g/mol. The number of hydrogen-bond donors (Lipinski definition) is 2. The van der Waals surface area contributed by atoms with Crippen LogP contribution >= 0.6 is 11.3 Å². The first-order valence-corrected chi connectivity index (χ1v) is 15.4. The number of aliphatic imine (C=N–C) groups is 1. The number of benzene rings is 2. The third-order valence-corrected chi connectivity index (χ3v) is 9.05. The fourth-order valence-corrected chi connectivity index (χ4v) is 6.63. The molecule has 0 radical (unpaired) electrons. The molecular formula is C33H35N5O4S. The van der Waals surface area contributed by atoms with Crippen molar-refractivity contribution < 1.29 is 19.1 Å². The van der Waals surface area contributed by atoms with E-state index in [4.69, 9.17) is 9.40 Å². The number of carbonyl (C=O) groups is 2. The standard InChI is InChI=1S/C33H35N5O4S/c1-22-4-9-27-31(17-22)43-33(36-27)23-5-7-25(8-6-23)35-32(41)21-38-14-12-37(13-15-38)11-10-34-20-26-28(39)18-24(19-29(26)40)30-3-2-16-42-30/h2-9,16-17,20,24,39H,10-15,18-19,21H2,1H3,(H,35,41). The number of aryl methyl sites for hydroxylation is 1. The van der Waals surface area contributed by atoms with E-state index in [-0.39, 0.29) is 23.4 Å². The fourth-order valence-electron chi connectivity index (χ4n) is 5.56. The number of ketones is 1. The summed E-state index contributed by atoms with van der Waals surface area (Å²) in [6, 6.07) is 17.8. The number of aromatic nitrogens is 1. The van der Waals surface area contributed by atoms with Crippen LogP contribution in [0.5, 0.6) is 0 Å². The molecule has 9 nitrogen and oxygen atoms in total. The predicted molar refractivity (Wildman–Crippen MR) is 170 cm³/mol. The SMILES string of the molecule is Cc1ccc2nc(-c3ccc(NC(=O)CN4CCN(CCN=CC5=C(O)CC(c6ccco6)CC5=O)CC4)cc3)sc2c1. The molecule has 1 unspecified atom stereocenters. The van der Waals surface area contributed by atoms with Crippen molar-refractivity contribution in [3.05, 3.63) is 83.5 Å². The van der Waals surface area contributed by atoms with Crippen LogP contribution in [0.4, 0.5) is 5.69 Å². The van der Waals surface area contributed by atoms with Gasteiger partial charge in [-0.2, -0.15) is 0 Å². The van der Waals surface area contributed by atoms with Gasteiger partial charge in [0.15, 0.2) is 5.78 Å². The zero-order valence-corrected chi connectivity index (χ0v) is 25.0. The molecule has 10 heteroatoms. The van der Waals surface area contributed by atoms with Crippen LogP contribution < -0.4 is 5.32 Å². The molecular weight excluding hydrogens is 562 g/mol. The van der Waals surface area contributed by atoms with E-state index in [1.54, 1.807) is 23.7 Å². The minimum atomic E-state index is -0.127. The first-order valence-electron chi connectivity index (χ1n) is 14.6. The molecule has 0 spiro atoms. The van der Waals surface area contributed by atoms with Crippen molar-refractivity contribution in [2.75, 3.05) is 51.1 Å². The second-order valence-corrected chi connectivity index (χ2v) is 12.2. The Balaban J connectivity index is 0.918. The van der Waals surface area contributed by atoms with Gasteiger partial charge in [-0.25, -0.2) is 4.98 Å². The Hall–Kier alpha value is -4.12. The molecule has 2 aromatic heterocycles. The molecule has 2 N–H and O–H groups in total. The highest BCUT2D eigenvalue weighted by Crippen LogP contribution is 2.33. The largest absolute Gasteiger partial charge is 0.511 e. The number of anilines is 1. The highest BCUT2D eigenvalue weighted by Gasteiger charge is 2.29. The molecule has 43 heavy (non-hydrogen) atoms. The summed E-state index contributed by atoms with van der Waals surface area (Å²) >= 11 is 1.67. The van der Waals surface area contributed by atoms with E-state index in [2.05, 4.69) is 45.2 Å². The molecule has 222 valence electrons. The highest BCUT2D eigenvalue weighted by molar-refractivity contribution is 7.21. The van der Waals surface area contributed by atoms with Crippen molar-refractivity contribution in [3.8, 4) is 10.6 Å². The lowest BCUT2D eigenvalue weighted by atomic mass is 9.86.